The van der Waals surface area contributed by atoms with Crippen LogP contribution in [0.5, 0.6) is 0 Å². The second kappa shape index (κ2) is 8.54. The molecule has 1 fully saturated rings. The van der Waals surface area contributed by atoms with Crippen LogP contribution in [0.2, 0.25) is 0 Å². The lowest BCUT2D eigenvalue weighted by Crippen LogP contribution is -2.36. The van der Waals surface area contributed by atoms with E-state index in [2.05, 4.69) is 57.7 Å². The molecule has 0 atom stereocenters. The van der Waals surface area contributed by atoms with Gasteiger partial charge in [0, 0.05) is 44.7 Å². The third-order valence-electron chi connectivity index (χ3n) is 3.40. The second-order valence-corrected chi connectivity index (χ2v) is 5.46. The van der Waals surface area contributed by atoms with Gasteiger partial charge in [0.05, 0.1) is 0 Å². The maximum atomic E-state index is 5.11. The largest absolute Gasteiger partial charge is 0.358 e. The summed E-state index contributed by atoms with van der Waals surface area (Å²) in [5, 5.41) is 7.93. The number of piperidine rings is 1. The SMILES string of the molecule is C=CCNC(=S)NN=C1CCN(Cc2ccccc2)CC1. The van der Waals surface area contributed by atoms with Crippen molar-refractivity contribution in [1.82, 2.24) is 15.6 Å². The zero-order valence-corrected chi connectivity index (χ0v) is 13.0. The van der Waals surface area contributed by atoms with E-state index < -0.39 is 0 Å². The van der Waals surface area contributed by atoms with Crippen LogP contribution < -0.4 is 10.7 Å². The standard InChI is InChI=1S/C16H22N4S/c1-2-10-17-16(21)19-18-15-8-11-20(12-9-15)13-14-6-4-3-5-7-14/h2-7H,1,8-13H2,(H2,17,19,21). The first-order valence-electron chi connectivity index (χ1n) is 7.24. The molecule has 2 N–H and O–H groups in total. The van der Waals surface area contributed by atoms with Crippen molar-refractivity contribution in [3.8, 4) is 0 Å². The molecule has 4 nitrogen and oxygen atoms in total. The number of nitrogens with one attached hydrogen (secondary N) is 2. The fraction of sp³-hybridized carbons (Fsp3) is 0.375. The lowest BCUT2D eigenvalue weighted by atomic mass is 10.1. The molecule has 21 heavy (non-hydrogen) atoms. The van der Waals surface area contributed by atoms with Crippen LogP contribution in [0.3, 0.4) is 0 Å². The van der Waals surface area contributed by atoms with Crippen LogP contribution in [-0.2, 0) is 6.54 Å². The van der Waals surface area contributed by atoms with Crippen molar-refractivity contribution >= 4 is 23.0 Å². The van der Waals surface area contributed by atoms with E-state index in [9.17, 15) is 0 Å². The average Bonchev–Trinajstić information content (AvgIpc) is 2.53. The van der Waals surface area contributed by atoms with Gasteiger partial charge in [-0.2, -0.15) is 5.10 Å². The lowest BCUT2D eigenvalue weighted by molar-refractivity contribution is 0.266. The second-order valence-electron chi connectivity index (χ2n) is 5.05. The van der Waals surface area contributed by atoms with Gasteiger partial charge in [-0.25, -0.2) is 0 Å². The van der Waals surface area contributed by atoms with E-state index in [-0.39, 0.29) is 0 Å². The van der Waals surface area contributed by atoms with Crippen LogP contribution in [0.25, 0.3) is 0 Å². The molecule has 1 aliphatic heterocycles. The molecular formula is C16H22N4S. The highest BCUT2D eigenvalue weighted by molar-refractivity contribution is 7.80. The molecule has 112 valence electrons. The number of hydrazone groups is 1. The Kier molecular flexibility index (Phi) is 6.37. The first-order valence-corrected chi connectivity index (χ1v) is 7.65. The molecule has 0 aromatic heterocycles. The summed E-state index contributed by atoms with van der Waals surface area (Å²) in [6, 6.07) is 10.6. The molecule has 1 aliphatic rings. The summed E-state index contributed by atoms with van der Waals surface area (Å²) in [6.07, 6.45) is 3.75. The third-order valence-corrected chi connectivity index (χ3v) is 3.64. The van der Waals surface area contributed by atoms with E-state index in [1.54, 1.807) is 6.08 Å². The molecule has 0 spiro atoms. The Balaban J connectivity index is 1.72. The molecule has 0 aliphatic carbocycles. The first kappa shape index (κ1) is 15.7. The van der Waals surface area contributed by atoms with Crippen molar-refractivity contribution in [2.45, 2.75) is 19.4 Å². The fourth-order valence-corrected chi connectivity index (χ4v) is 2.39. The molecule has 1 aromatic rings. The minimum absolute atomic E-state index is 0.550. The van der Waals surface area contributed by atoms with Crippen molar-refractivity contribution in [3.63, 3.8) is 0 Å². The smallest absolute Gasteiger partial charge is 0.187 e. The molecule has 0 saturated carbocycles. The molecule has 5 heteroatoms. The van der Waals surface area contributed by atoms with Crippen LogP contribution in [0.1, 0.15) is 18.4 Å². The number of rotatable bonds is 5. The quantitative estimate of drug-likeness (QED) is 0.497. The number of nitrogens with zero attached hydrogens (tertiary/aromatic N) is 2. The maximum absolute atomic E-state index is 5.11. The van der Waals surface area contributed by atoms with Gasteiger partial charge >= 0.3 is 0 Å². The first-order chi connectivity index (χ1) is 10.3. The zero-order valence-electron chi connectivity index (χ0n) is 12.2. The molecule has 1 heterocycles. The van der Waals surface area contributed by atoms with Crippen LogP contribution in [-0.4, -0.2) is 35.4 Å². The van der Waals surface area contributed by atoms with E-state index in [0.717, 1.165) is 32.5 Å². The van der Waals surface area contributed by atoms with Crippen molar-refractivity contribution < 1.29 is 0 Å². The summed E-state index contributed by atoms with van der Waals surface area (Å²) in [5.74, 6) is 0. The molecule has 1 aromatic carbocycles. The summed E-state index contributed by atoms with van der Waals surface area (Å²) >= 11 is 5.11. The van der Waals surface area contributed by atoms with Crippen molar-refractivity contribution in [2.75, 3.05) is 19.6 Å². The number of likely N-dealkylation sites (tertiary alicyclic amines) is 1. The van der Waals surface area contributed by atoms with Crippen LogP contribution >= 0.6 is 12.2 Å². The van der Waals surface area contributed by atoms with E-state index in [4.69, 9.17) is 12.2 Å². The molecule has 0 radical (unpaired) electrons. The monoisotopic (exact) mass is 302 g/mol. The van der Waals surface area contributed by atoms with Crippen molar-refractivity contribution in [2.24, 2.45) is 5.10 Å². The molecule has 1 saturated heterocycles. The van der Waals surface area contributed by atoms with Gasteiger partial charge < -0.3 is 5.32 Å². The van der Waals surface area contributed by atoms with E-state index in [1.807, 2.05) is 0 Å². The van der Waals surface area contributed by atoms with Gasteiger partial charge in [-0.15, -0.1) is 6.58 Å². The predicted octanol–water partition coefficient (Wildman–Crippen LogP) is 2.29. The summed E-state index contributed by atoms with van der Waals surface area (Å²) in [5.41, 5.74) is 5.44. The van der Waals surface area contributed by atoms with Gasteiger partial charge in [0.15, 0.2) is 5.11 Å². The Morgan fingerprint density at radius 2 is 2.00 bits per heavy atom. The minimum atomic E-state index is 0.550. The summed E-state index contributed by atoms with van der Waals surface area (Å²) in [6.45, 7) is 7.39. The highest BCUT2D eigenvalue weighted by Crippen LogP contribution is 2.11. The van der Waals surface area contributed by atoms with Gasteiger partial charge in [0.1, 0.15) is 0 Å². The fourth-order valence-electron chi connectivity index (χ4n) is 2.26. The van der Waals surface area contributed by atoms with Gasteiger partial charge in [-0.05, 0) is 17.8 Å². The predicted molar refractivity (Wildman–Crippen MR) is 92.3 cm³/mol. The number of hydrogen-bond acceptors (Lipinski definition) is 3. The highest BCUT2D eigenvalue weighted by Gasteiger charge is 2.15. The van der Waals surface area contributed by atoms with Crippen LogP contribution in [0, 0.1) is 0 Å². The lowest BCUT2D eigenvalue weighted by Gasteiger charge is -2.27. The van der Waals surface area contributed by atoms with E-state index >= 15 is 0 Å². The normalized spacial score (nSPS) is 15.3. The Morgan fingerprint density at radius 3 is 2.67 bits per heavy atom. The minimum Gasteiger partial charge on any atom is -0.358 e. The topological polar surface area (TPSA) is 39.7 Å². The molecule has 0 unspecified atom stereocenters. The van der Waals surface area contributed by atoms with Gasteiger partial charge in [0.25, 0.3) is 0 Å². The Bertz CT molecular complexity index is 488. The van der Waals surface area contributed by atoms with Crippen molar-refractivity contribution in [1.29, 1.82) is 0 Å². The average molecular weight is 302 g/mol. The Labute approximate surface area is 131 Å². The van der Waals surface area contributed by atoms with Crippen LogP contribution in [0.4, 0.5) is 0 Å². The summed E-state index contributed by atoms with van der Waals surface area (Å²) in [7, 11) is 0. The Hall–Kier alpha value is -1.72. The van der Waals surface area contributed by atoms with Crippen molar-refractivity contribution in [3.05, 3.63) is 48.6 Å². The van der Waals surface area contributed by atoms with Gasteiger partial charge in [-0.3, -0.25) is 10.3 Å². The molecular weight excluding hydrogens is 280 g/mol. The maximum Gasteiger partial charge on any atom is 0.187 e. The van der Waals surface area contributed by atoms with E-state index in [1.165, 1.54) is 11.3 Å². The Morgan fingerprint density at radius 1 is 1.29 bits per heavy atom. The van der Waals surface area contributed by atoms with Gasteiger partial charge in [-0.1, -0.05) is 36.4 Å². The summed E-state index contributed by atoms with van der Waals surface area (Å²) in [4.78, 5) is 2.46. The van der Waals surface area contributed by atoms with Crippen LogP contribution in [0.15, 0.2) is 48.1 Å². The molecule has 0 bridgehead atoms. The third kappa shape index (κ3) is 5.65. The number of benzene rings is 1. The van der Waals surface area contributed by atoms with E-state index in [0.29, 0.717) is 11.7 Å². The molecule has 2 rings (SSSR count). The van der Waals surface area contributed by atoms with Gasteiger partial charge in [0.2, 0.25) is 0 Å². The number of thiocarbonyl (C=S) groups is 1. The highest BCUT2D eigenvalue weighted by atomic mass is 32.1. The summed E-state index contributed by atoms with van der Waals surface area (Å²) < 4.78 is 0. The zero-order chi connectivity index (χ0) is 14.9. The number of hydrogen-bond donors (Lipinski definition) is 2. The molecule has 0 amide bonds.